The van der Waals surface area contributed by atoms with Crippen molar-refractivity contribution in [2.45, 2.75) is 18.6 Å². The van der Waals surface area contributed by atoms with Crippen LogP contribution in [0.5, 0.6) is 11.5 Å². The van der Waals surface area contributed by atoms with Gasteiger partial charge in [-0.15, -0.1) is 0 Å². The molecule has 7 heteroatoms. The van der Waals surface area contributed by atoms with Crippen LogP contribution in [0.2, 0.25) is 0 Å². The number of ether oxygens (including phenoxy) is 1. The molecule has 2 unspecified atom stereocenters. The number of aliphatic hydroxyl groups excluding tert-OH is 2. The fraction of sp³-hybridized carbons (Fsp3) is 0.357. The summed E-state index contributed by atoms with van der Waals surface area (Å²) in [6.45, 7) is 0. The number of rotatable bonds is 7. The number of aliphatic hydroxyl groups is 2. The predicted octanol–water partition coefficient (Wildman–Crippen LogP) is 1.21. The fourth-order valence-corrected chi connectivity index (χ4v) is 2.06. The molecular weight excluding hydrogens is 296 g/mol. The van der Waals surface area contributed by atoms with Crippen LogP contribution in [0.4, 0.5) is 0 Å². The largest absolute Gasteiger partial charge is 0.504 e. The van der Waals surface area contributed by atoms with Crippen LogP contribution in [0.25, 0.3) is 6.08 Å². The van der Waals surface area contributed by atoms with Gasteiger partial charge in [0.2, 0.25) is 0 Å². The van der Waals surface area contributed by atoms with Gasteiger partial charge in [-0.2, -0.15) is 12.6 Å². The van der Waals surface area contributed by atoms with Crippen LogP contribution in [0.1, 0.15) is 23.7 Å². The van der Waals surface area contributed by atoms with Crippen LogP contribution >= 0.6 is 12.6 Å². The molecule has 1 aromatic rings. The van der Waals surface area contributed by atoms with E-state index in [-0.39, 0.29) is 23.5 Å². The van der Waals surface area contributed by atoms with E-state index in [1.165, 1.54) is 25.3 Å². The molecule has 0 aliphatic carbocycles. The monoisotopic (exact) mass is 314 g/mol. The standard InChI is InChI=1S/C14H18O6S/c1-20-11-7-8(2-3-12(16)17)6-9(14(11)19)13(18)10(15)4-5-21/h2-3,6-7,10,13,15,18-19,21H,4-5H2,1H3,(H,16,17). The number of hydrogen-bond acceptors (Lipinski definition) is 6. The first kappa shape index (κ1) is 17.4. The zero-order valence-corrected chi connectivity index (χ0v) is 12.3. The lowest BCUT2D eigenvalue weighted by molar-refractivity contribution is -0.131. The molecular formula is C14H18O6S. The Morgan fingerprint density at radius 3 is 2.62 bits per heavy atom. The number of phenolic OH excluding ortho intramolecular Hbond substituents is 1. The van der Waals surface area contributed by atoms with Gasteiger partial charge in [-0.3, -0.25) is 0 Å². The van der Waals surface area contributed by atoms with Gasteiger partial charge in [-0.1, -0.05) is 0 Å². The van der Waals surface area contributed by atoms with E-state index < -0.39 is 18.2 Å². The molecule has 0 saturated carbocycles. The Labute approximate surface area is 127 Å². The summed E-state index contributed by atoms with van der Waals surface area (Å²) in [5.41, 5.74) is 0.479. The normalized spacial score (nSPS) is 14.1. The van der Waals surface area contributed by atoms with Crippen molar-refractivity contribution < 1.29 is 30.0 Å². The molecule has 4 N–H and O–H groups in total. The van der Waals surface area contributed by atoms with Gasteiger partial charge in [-0.05, 0) is 35.9 Å². The van der Waals surface area contributed by atoms with E-state index in [1.807, 2.05) is 0 Å². The highest BCUT2D eigenvalue weighted by atomic mass is 32.1. The minimum absolute atomic E-state index is 0.0636. The van der Waals surface area contributed by atoms with Crippen LogP contribution in [0, 0.1) is 0 Å². The third kappa shape index (κ3) is 4.66. The van der Waals surface area contributed by atoms with E-state index in [4.69, 9.17) is 9.84 Å². The van der Waals surface area contributed by atoms with Crippen molar-refractivity contribution in [2.75, 3.05) is 12.9 Å². The molecule has 21 heavy (non-hydrogen) atoms. The summed E-state index contributed by atoms with van der Waals surface area (Å²) < 4.78 is 4.98. The summed E-state index contributed by atoms with van der Waals surface area (Å²) in [4.78, 5) is 10.5. The summed E-state index contributed by atoms with van der Waals surface area (Å²) in [7, 11) is 1.33. The number of carboxylic acids is 1. The molecule has 1 aromatic carbocycles. The third-order valence-electron chi connectivity index (χ3n) is 2.87. The fourth-order valence-electron chi connectivity index (χ4n) is 1.79. The van der Waals surface area contributed by atoms with Gasteiger partial charge < -0.3 is 25.2 Å². The molecule has 0 fully saturated rings. The van der Waals surface area contributed by atoms with Crippen molar-refractivity contribution in [2.24, 2.45) is 0 Å². The lowest BCUT2D eigenvalue weighted by Crippen LogP contribution is -2.19. The van der Waals surface area contributed by atoms with Gasteiger partial charge in [-0.25, -0.2) is 4.79 Å². The highest BCUT2D eigenvalue weighted by Gasteiger charge is 2.23. The average Bonchev–Trinajstić information content (AvgIpc) is 2.45. The molecule has 0 amide bonds. The van der Waals surface area contributed by atoms with Crippen molar-refractivity contribution >= 4 is 24.7 Å². The summed E-state index contributed by atoms with van der Waals surface area (Å²) in [5.74, 6) is -0.973. The van der Waals surface area contributed by atoms with Crippen molar-refractivity contribution in [1.29, 1.82) is 0 Å². The number of carboxylic acid groups (broad SMARTS) is 1. The van der Waals surface area contributed by atoms with E-state index in [0.717, 1.165) is 6.08 Å². The van der Waals surface area contributed by atoms with Crippen LogP contribution in [-0.4, -0.2) is 45.4 Å². The quantitative estimate of drug-likeness (QED) is 0.382. The summed E-state index contributed by atoms with van der Waals surface area (Å²) in [6.07, 6.45) is 0.0276. The van der Waals surface area contributed by atoms with Crippen LogP contribution < -0.4 is 4.74 Å². The Morgan fingerprint density at radius 1 is 1.43 bits per heavy atom. The zero-order valence-electron chi connectivity index (χ0n) is 11.4. The van der Waals surface area contributed by atoms with Crippen LogP contribution in [-0.2, 0) is 4.79 Å². The van der Waals surface area contributed by atoms with Gasteiger partial charge >= 0.3 is 5.97 Å². The van der Waals surface area contributed by atoms with Crippen molar-refractivity contribution in [3.63, 3.8) is 0 Å². The Bertz CT molecular complexity index is 528. The van der Waals surface area contributed by atoms with Crippen LogP contribution in [0.3, 0.4) is 0 Å². The molecule has 0 aliphatic heterocycles. The SMILES string of the molecule is COc1cc(C=CC(=O)O)cc(C(O)C(O)CCS)c1O. The lowest BCUT2D eigenvalue weighted by atomic mass is 9.98. The maximum Gasteiger partial charge on any atom is 0.328 e. The van der Waals surface area contributed by atoms with Gasteiger partial charge in [0.15, 0.2) is 11.5 Å². The second-order valence-corrected chi connectivity index (χ2v) is 4.80. The Balaban J connectivity index is 3.23. The summed E-state index contributed by atoms with van der Waals surface area (Å²) in [6, 6.07) is 2.82. The number of methoxy groups -OCH3 is 1. The van der Waals surface area contributed by atoms with Crippen molar-refractivity contribution in [3.05, 3.63) is 29.3 Å². The van der Waals surface area contributed by atoms with Crippen LogP contribution in [0.15, 0.2) is 18.2 Å². The molecule has 0 aromatic heterocycles. The second-order valence-electron chi connectivity index (χ2n) is 4.36. The second kappa shape index (κ2) is 7.92. The predicted molar refractivity (Wildman–Crippen MR) is 80.8 cm³/mol. The number of benzene rings is 1. The molecule has 0 heterocycles. The molecule has 2 atom stereocenters. The van der Waals surface area contributed by atoms with Crippen molar-refractivity contribution in [3.8, 4) is 11.5 Å². The third-order valence-corrected chi connectivity index (χ3v) is 3.13. The number of aromatic hydroxyl groups is 1. The molecule has 1 rings (SSSR count). The van der Waals surface area contributed by atoms with Gasteiger partial charge in [0.25, 0.3) is 0 Å². The highest BCUT2D eigenvalue weighted by Crippen LogP contribution is 2.37. The van der Waals surface area contributed by atoms with Gasteiger partial charge in [0.1, 0.15) is 6.10 Å². The number of hydrogen-bond donors (Lipinski definition) is 5. The maximum absolute atomic E-state index is 10.5. The van der Waals surface area contributed by atoms with Gasteiger partial charge in [0, 0.05) is 11.6 Å². The molecule has 0 aliphatic rings. The van der Waals surface area contributed by atoms with E-state index in [9.17, 15) is 20.1 Å². The molecule has 6 nitrogen and oxygen atoms in total. The Kier molecular flexibility index (Phi) is 6.54. The molecule has 0 saturated heterocycles. The van der Waals surface area contributed by atoms with Gasteiger partial charge in [0.05, 0.1) is 13.2 Å². The molecule has 0 radical (unpaired) electrons. The number of aliphatic carboxylic acids is 1. The van der Waals surface area contributed by atoms with E-state index in [1.54, 1.807) is 0 Å². The zero-order chi connectivity index (χ0) is 16.0. The number of carbonyl (C=O) groups is 1. The van der Waals surface area contributed by atoms with Crippen molar-refractivity contribution in [1.82, 2.24) is 0 Å². The van der Waals surface area contributed by atoms with E-state index in [0.29, 0.717) is 11.3 Å². The summed E-state index contributed by atoms with van der Waals surface area (Å²) >= 11 is 3.97. The first-order chi connectivity index (χ1) is 9.90. The highest BCUT2D eigenvalue weighted by molar-refractivity contribution is 7.80. The van der Waals surface area contributed by atoms with E-state index in [2.05, 4.69) is 12.6 Å². The average molecular weight is 314 g/mol. The maximum atomic E-state index is 10.5. The molecule has 0 bridgehead atoms. The Morgan fingerprint density at radius 2 is 2.10 bits per heavy atom. The lowest BCUT2D eigenvalue weighted by Gasteiger charge is -2.20. The first-order valence-electron chi connectivity index (χ1n) is 6.19. The molecule has 116 valence electrons. The minimum atomic E-state index is -1.33. The summed E-state index contributed by atoms with van der Waals surface area (Å²) in [5, 5.41) is 38.5. The number of thiol groups is 1. The Hall–Kier alpha value is -1.70. The number of phenols is 1. The van der Waals surface area contributed by atoms with E-state index >= 15 is 0 Å². The first-order valence-corrected chi connectivity index (χ1v) is 6.82. The molecule has 0 spiro atoms. The minimum Gasteiger partial charge on any atom is -0.504 e. The smallest absolute Gasteiger partial charge is 0.328 e. The topological polar surface area (TPSA) is 107 Å².